The number of nitrogens with zero attached hydrogens (tertiary/aromatic N) is 3. The molecule has 32 heavy (non-hydrogen) atoms. The lowest BCUT2D eigenvalue weighted by Crippen LogP contribution is -2.44. The number of likely N-dealkylation sites (tertiary alicyclic amines) is 1. The minimum atomic E-state index is -0.434. The van der Waals surface area contributed by atoms with Crippen molar-refractivity contribution in [3.05, 3.63) is 56.2 Å². The van der Waals surface area contributed by atoms with Crippen molar-refractivity contribution in [1.82, 2.24) is 14.4 Å². The maximum atomic E-state index is 12.9. The first-order valence-electron chi connectivity index (χ1n) is 10.4. The molecule has 0 atom stereocenters. The van der Waals surface area contributed by atoms with Gasteiger partial charge in [-0.1, -0.05) is 23.2 Å². The summed E-state index contributed by atoms with van der Waals surface area (Å²) in [7, 11) is 0. The fourth-order valence-corrected chi connectivity index (χ4v) is 5.32. The number of rotatable bonds is 4. The Labute approximate surface area is 201 Å². The third kappa shape index (κ3) is 4.47. The highest BCUT2D eigenvalue weighted by molar-refractivity contribution is 8.18. The molecule has 168 valence electrons. The monoisotopic (exact) mass is 491 g/mol. The van der Waals surface area contributed by atoms with Gasteiger partial charge < -0.3 is 9.47 Å². The van der Waals surface area contributed by atoms with E-state index in [9.17, 15) is 14.4 Å². The maximum absolute atomic E-state index is 12.9. The van der Waals surface area contributed by atoms with Crippen molar-refractivity contribution < 1.29 is 14.4 Å². The van der Waals surface area contributed by atoms with Crippen LogP contribution in [-0.2, 0) is 9.59 Å². The van der Waals surface area contributed by atoms with E-state index in [1.807, 2.05) is 24.5 Å². The highest BCUT2D eigenvalue weighted by atomic mass is 35.5. The predicted molar refractivity (Wildman–Crippen MR) is 128 cm³/mol. The average molecular weight is 492 g/mol. The van der Waals surface area contributed by atoms with Crippen LogP contribution in [0.2, 0.25) is 10.0 Å². The van der Waals surface area contributed by atoms with Crippen molar-refractivity contribution in [2.45, 2.75) is 33.1 Å². The summed E-state index contributed by atoms with van der Waals surface area (Å²) in [5.74, 6) is -0.613. The molecular weight excluding hydrogens is 469 g/mol. The lowest BCUT2D eigenvalue weighted by atomic mass is 10.1. The molecule has 1 aromatic heterocycles. The second kappa shape index (κ2) is 9.33. The maximum Gasteiger partial charge on any atom is 0.294 e. The zero-order valence-corrected chi connectivity index (χ0v) is 20.2. The van der Waals surface area contributed by atoms with Crippen LogP contribution in [0.4, 0.5) is 4.79 Å². The summed E-state index contributed by atoms with van der Waals surface area (Å²) in [4.78, 5) is 41.0. The molecule has 4 rings (SSSR count). The molecule has 1 aromatic carbocycles. The first kappa shape index (κ1) is 23.0. The number of imide groups is 1. The van der Waals surface area contributed by atoms with Gasteiger partial charge in [-0.15, -0.1) is 0 Å². The molecular formula is C23H23Cl2N3O3S. The number of hydrogen-bond donors (Lipinski definition) is 0. The Kier molecular flexibility index (Phi) is 6.70. The van der Waals surface area contributed by atoms with Crippen molar-refractivity contribution in [3.63, 3.8) is 0 Å². The van der Waals surface area contributed by atoms with Gasteiger partial charge in [0, 0.05) is 29.5 Å². The van der Waals surface area contributed by atoms with Crippen LogP contribution in [0.25, 0.3) is 11.8 Å². The first-order chi connectivity index (χ1) is 15.3. The normalized spacial score (nSPS) is 18.2. The number of thioether (sulfide) groups is 1. The molecule has 0 radical (unpaired) electrons. The van der Waals surface area contributed by atoms with E-state index in [4.69, 9.17) is 23.2 Å². The Morgan fingerprint density at radius 1 is 1.09 bits per heavy atom. The largest absolute Gasteiger partial charge is 0.341 e. The number of halogens is 2. The second-order valence-corrected chi connectivity index (χ2v) is 9.80. The number of carbonyl (C=O) groups is 3. The van der Waals surface area contributed by atoms with E-state index < -0.39 is 11.1 Å². The predicted octanol–water partition coefficient (Wildman–Crippen LogP) is 5.45. The molecule has 2 aliphatic heterocycles. The highest BCUT2D eigenvalue weighted by Crippen LogP contribution is 2.35. The number of aryl methyl sites for hydroxylation is 1. The molecule has 2 aliphatic rings. The van der Waals surface area contributed by atoms with Gasteiger partial charge >= 0.3 is 0 Å². The van der Waals surface area contributed by atoms with Crippen LogP contribution in [0.1, 0.15) is 36.2 Å². The van der Waals surface area contributed by atoms with Crippen LogP contribution in [0, 0.1) is 13.8 Å². The molecule has 3 amide bonds. The van der Waals surface area contributed by atoms with Gasteiger partial charge in [0.1, 0.15) is 6.54 Å². The Hall–Kier alpha value is -2.22. The Bertz CT molecular complexity index is 1140. The van der Waals surface area contributed by atoms with Gasteiger partial charge in [-0.2, -0.15) is 0 Å². The smallest absolute Gasteiger partial charge is 0.294 e. The van der Waals surface area contributed by atoms with Gasteiger partial charge in [0.05, 0.1) is 15.6 Å². The molecule has 3 heterocycles. The molecule has 0 spiro atoms. The van der Waals surface area contributed by atoms with E-state index in [1.165, 1.54) is 0 Å². The molecule has 2 fully saturated rings. The van der Waals surface area contributed by atoms with Gasteiger partial charge in [-0.3, -0.25) is 19.3 Å². The fourth-order valence-electron chi connectivity index (χ4n) is 4.12. The second-order valence-electron chi connectivity index (χ2n) is 7.97. The quantitative estimate of drug-likeness (QED) is 0.533. The molecule has 0 aliphatic carbocycles. The third-order valence-electron chi connectivity index (χ3n) is 5.78. The number of amides is 3. The van der Waals surface area contributed by atoms with Crippen LogP contribution in [0.3, 0.4) is 0 Å². The molecule has 0 saturated carbocycles. The molecule has 2 aromatic rings. The Morgan fingerprint density at radius 3 is 2.53 bits per heavy atom. The zero-order valence-electron chi connectivity index (χ0n) is 17.9. The molecule has 0 bridgehead atoms. The number of aromatic nitrogens is 1. The lowest BCUT2D eigenvalue weighted by Gasteiger charge is -2.27. The zero-order chi connectivity index (χ0) is 23.0. The van der Waals surface area contributed by atoms with Crippen LogP contribution in [0.5, 0.6) is 0 Å². The molecule has 0 unspecified atom stereocenters. The van der Waals surface area contributed by atoms with Crippen LogP contribution < -0.4 is 0 Å². The van der Waals surface area contributed by atoms with Crippen molar-refractivity contribution >= 4 is 58.1 Å². The SMILES string of the molecule is Cc1cc(/C=C2\SC(=O)N(CC(=O)N3CCCCC3)C2=O)c(C)n1-c1cc(Cl)ccc1Cl. The van der Waals surface area contributed by atoms with Gasteiger partial charge in [0.15, 0.2) is 0 Å². The van der Waals surface area contributed by atoms with Crippen molar-refractivity contribution in [2.75, 3.05) is 19.6 Å². The van der Waals surface area contributed by atoms with Crippen molar-refractivity contribution in [1.29, 1.82) is 0 Å². The molecule has 2 saturated heterocycles. The molecule has 9 heteroatoms. The van der Waals surface area contributed by atoms with Gasteiger partial charge in [0.2, 0.25) is 5.91 Å². The summed E-state index contributed by atoms with van der Waals surface area (Å²) in [6, 6.07) is 7.18. The van der Waals surface area contributed by atoms with Crippen molar-refractivity contribution in [3.8, 4) is 5.69 Å². The summed E-state index contributed by atoms with van der Waals surface area (Å²) in [5, 5.41) is 0.704. The van der Waals surface area contributed by atoms with E-state index in [1.54, 1.807) is 29.2 Å². The Morgan fingerprint density at radius 2 is 1.81 bits per heavy atom. The minimum absolute atomic E-state index is 0.179. The number of piperidine rings is 1. The van der Waals surface area contributed by atoms with Gasteiger partial charge in [-0.25, -0.2) is 0 Å². The summed E-state index contributed by atoms with van der Waals surface area (Å²) < 4.78 is 1.96. The summed E-state index contributed by atoms with van der Waals surface area (Å²) in [6.45, 7) is 5.01. The summed E-state index contributed by atoms with van der Waals surface area (Å²) in [5.41, 5.74) is 3.32. The lowest BCUT2D eigenvalue weighted by molar-refractivity contribution is -0.136. The standard InChI is InChI=1S/C23H23Cl2N3O3S/c1-14-10-16(15(2)28(14)19-12-17(24)6-7-18(19)25)11-20-22(30)27(23(31)32-20)13-21(29)26-8-4-3-5-9-26/h6-7,10-12H,3-5,8-9,13H2,1-2H3/b20-11-. The van der Waals surface area contributed by atoms with E-state index in [0.29, 0.717) is 28.0 Å². The molecule has 0 N–H and O–H groups in total. The van der Waals surface area contributed by atoms with E-state index in [2.05, 4.69) is 0 Å². The molecule has 6 nitrogen and oxygen atoms in total. The summed E-state index contributed by atoms with van der Waals surface area (Å²) >= 11 is 13.4. The number of benzene rings is 1. The van der Waals surface area contributed by atoms with Crippen LogP contribution >= 0.6 is 35.0 Å². The van der Waals surface area contributed by atoms with Gasteiger partial charge in [0.25, 0.3) is 11.1 Å². The fraction of sp³-hybridized carbons (Fsp3) is 0.348. The topological polar surface area (TPSA) is 62.6 Å². The highest BCUT2D eigenvalue weighted by Gasteiger charge is 2.37. The van der Waals surface area contributed by atoms with E-state index in [-0.39, 0.29) is 12.5 Å². The first-order valence-corrected chi connectivity index (χ1v) is 12.0. The van der Waals surface area contributed by atoms with Crippen molar-refractivity contribution in [2.24, 2.45) is 0 Å². The summed E-state index contributed by atoms with van der Waals surface area (Å²) in [6.07, 6.45) is 4.72. The van der Waals surface area contributed by atoms with Crippen LogP contribution in [-0.4, -0.2) is 51.1 Å². The number of hydrogen-bond acceptors (Lipinski definition) is 4. The average Bonchev–Trinajstić information content (AvgIpc) is 3.19. The van der Waals surface area contributed by atoms with Gasteiger partial charge in [-0.05, 0) is 80.8 Å². The van der Waals surface area contributed by atoms with E-state index >= 15 is 0 Å². The minimum Gasteiger partial charge on any atom is -0.341 e. The number of carbonyl (C=O) groups excluding carboxylic acids is 3. The Balaban J connectivity index is 1.58. The van der Waals surface area contributed by atoms with E-state index in [0.717, 1.165) is 58.6 Å². The third-order valence-corrected chi connectivity index (χ3v) is 7.24. The van der Waals surface area contributed by atoms with Crippen LogP contribution in [0.15, 0.2) is 29.2 Å².